The van der Waals surface area contributed by atoms with Gasteiger partial charge in [0.2, 0.25) is 0 Å². The molecule has 1 aromatic heterocycles. The Morgan fingerprint density at radius 1 is 1.10 bits per heavy atom. The van der Waals surface area contributed by atoms with E-state index in [-0.39, 0.29) is 5.91 Å². The van der Waals surface area contributed by atoms with Crippen molar-refractivity contribution in [1.82, 2.24) is 15.6 Å². The second kappa shape index (κ2) is 7.55. The van der Waals surface area contributed by atoms with E-state index in [1.165, 1.54) is 5.56 Å². The van der Waals surface area contributed by atoms with Crippen molar-refractivity contribution < 1.29 is 4.79 Å². The van der Waals surface area contributed by atoms with E-state index in [1.54, 1.807) is 12.4 Å². The predicted molar refractivity (Wildman–Crippen MR) is 85.3 cm³/mol. The van der Waals surface area contributed by atoms with Gasteiger partial charge in [-0.25, -0.2) is 0 Å². The van der Waals surface area contributed by atoms with Gasteiger partial charge in [0.1, 0.15) is 0 Å². The SMILES string of the molecule is CNCCCNC(=O)c1cncc(-c2ccc(C)cc2)c1. The van der Waals surface area contributed by atoms with Gasteiger partial charge in [0.25, 0.3) is 5.91 Å². The Bertz CT molecular complexity index is 593. The van der Waals surface area contributed by atoms with Gasteiger partial charge in [-0.05, 0) is 38.6 Å². The summed E-state index contributed by atoms with van der Waals surface area (Å²) >= 11 is 0. The first kappa shape index (κ1) is 15.2. The standard InChI is InChI=1S/C17H21N3O/c1-13-4-6-14(7-5-13)15-10-16(12-19-11-15)17(21)20-9-3-8-18-2/h4-7,10-12,18H,3,8-9H2,1-2H3,(H,20,21). The molecule has 0 saturated heterocycles. The van der Waals surface area contributed by atoms with Crippen molar-refractivity contribution in [3.8, 4) is 11.1 Å². The van der Waals surface area contributed by atoms with E-state index < -0.39 is 0 Å². The molecule has 2 rings (SSSR count). The van der Waals surface area contributed by atoms with Crippen molar-refractivity contribution in [3.05, 3.63) is 53.9 Å². The number of amides is 1. The molecule has 0 aliphatic rings. The van der Waals surface area contributed by atoms with Gasteiger partial charge < -0.3 is 10.6 Å². The van der Waals surface area contributed by atoms with Crippen LogP contribution >= 0.6 is 0 Å². The maximum absolute atomic E-state index is 12.1. The van der Waals surface area contributed by atoms with E-state index in [2.05, 4.69) is 34.7 Å². The topological polar surface area (TPSA) is 54.0 Å². The molecular formula is C17H21N3O. The fourth-order valence-electron chi connectivity index (χ4n) is 2.04. The minimum absolute atomic E-state index is 0.0763. The second-order valence-corrected chi connectivity index (χ2v) is 5.04. The molecule has 4 heteroatoms. The van der Waals surface area contributed by atoms with Gasteiger partial charge in [0.15, 0.2) is 0 Å². The van der Waals surface area contributed by atoms with Gasteiger partial charge in [-0.2, -0.15) is 0 Å². The number of carbonyl (C=O) groups is 1. The van der Waals surface area contributed by atoms with E-state index in [0.29, 0.717) is 12.1 Å². The lowest BCUT2D eigenvalue weighted by atomic mass is 10.0. The Morgan fingerprint density at radius 3 is 2.57 bits per heavy atom. The number of rotatable bonds is 6. The largest absolute Gasteiger partial charge is 0.352 e. The van der Waals surface area contributed by atoms with E-state index in [1.807, 2.05) is 25.2 Å². The van der Waals surface area contributed by atoms with E-state index in [0.717, 1.165) is 24.1 Å². The van der Waals surface area contributed by atoms with Crippen LogP contribution < -0.4 is 10.6 Å². The van der Waals surface area contributed by atoms with Crippen LogP contribution in [-0.2, 0) is 0 Å². The summed E-state index contributed by atoms with van der Waals surface area (Å²) in [5.41, 5.74) is 3.83. The van der Waals surface area contributed by atoms with Gasteiger partial charge in [-0.3, -0.25) is 9.78 Å². The van der Waals surface area contributed by atoms with Crippen LogP contribution in [0.1, 0.15) is 22.3 Å². The Labute approximate surface area is 125 Å². The molecule has 0 atom stereocenters. The monoisotopic (exact) mass is 283 g/mol. The van der Waals surface area contributed by atoms with Crippen molar-refractivity contribution in [2.45, 2.75) is 13.3 Å². The van der Waals surface area contributed by atoms with Crippen LogP contribution in [0.25, 0.3) is 11.1 Å². The molecule has 0 bridgehead atoms. The predicted octanol–water partition coefficient (Wildman–Crippen LogP) is 2.40. The summed E-state index contributed by atoms with van der Waals surface area (Å²) in [4.78, 5) is 16.2. The van der Waals surface area contributed by atoms with Gasteiger partial charge in [0.05, 0.1) is 5.56 Å². The summed E-state index contributed by atoms with van der Waals surface area (Å²) in [6.07, 6.45) is 4.29. The number of benzene rings is 1. The van der Waals surface area contributed by atoms with Crippen molar-refractivity contribution in [3.63, 3.8) is 0 Å². The molecule has 0 aliphatic heterocycles. The molecule has 0 fully saturated rings. The number of nitrogens with one attached hydrogen (secondary N) is 2. The maximum atomic E-state index is 12.1. The number of aromatic nitrogens is 1. The number of carbonyl (C=O) groups excluding carboxylic acids is 1. The normalized spacial score (nSPS) is 10.4. The zero-order chi connectivity index (χ0) is 15.1. The molecule has 0 radical (unpaired) electrons. The first-order chi connectivity index (χ1) is 10.2. The second-order valence-electron chi connectivity index (χ2n) is 5.04. The number of nitrogens with zero attached hydrogens (tertiary/aromatic N) is 1. The highest BCUT2D eigenvalue weighted by Crippen LogP contribution is 2.19. The number of pyridine rings is 1. The molecule has 0 spiro atoms. The average Bonchev–Trinajstić information content (AvgIpc) is 2.52. The van der Waals surface area contributed by atoms with Gasteiger partial charge >= 0.3 is 0 Å². The lowest BCUT2D eigenvalue weighted by Crippen LogP contribution is -2.26. The summed E-state index contributed by atoms with van der Waals surface area (Å²) in [5.74, 6) is -0.0763. The molecule has 0 saturated carbocycles. The molecule has 110 valence electrons. The third-order valence-corrected chi connectivity index (χ3v) is 3.27. The Balaban J connectivity index is 2.06. The van der Waals surface area contributed by atoms with Crippen LogP contribution in [-0.4, -0.2) is 31.0 Å². The molecule has 1 aromatic carbocycles. The molecule has 0 unspecified atom stereocenters. The summed E-state index contributed by atoms with van der Waals surface area (Å²) in [7, 11) is 1.90. The highest BCUT2D eigenvalue weighted by molar-refractivity contribution is 5.95. The summed E-state index contributed by atoms with van der Waals surface area (Å²) < 4.78 is 0. The molecule has 2 aromatic rings. The van der Waals surface area contributed by atoms with E-state index in [4.69, 9.17) is 0 Å². The first-order valence-electron chi connectivity index (χ1n) is 7.15. The van der Waals surface area contributed by atoms with Crippen LogP contribution in [0.15, 0.2) is 42.7 Å². The highest BCUT2D eigenvalue weighted by atomic mass is 16.1. The molecule has 2 N–H and O–H groups in total. The maximum Gasteiger partial charge on any atom is 0.252 e. The number of hydrogen-bond acceptors (Lipinski definition) is 3. The minimum Gasteiger partial charge on any atom is -0.352 e. The Hall–Kier alpha value is -2.20. The van der Waals surface area contributed by atoms with Crippen molar-refractivity contribution in [2.75, 3.05) is 20.1 Å². The molecule has 1 heterocycles. The first-order valence-corrected chi connectivity index (χ1v) is 7.15. The van der Waals surface area contributed by atoms with E-state index in [9.17, 15) is 4.79 Å². The fourth-order valence-corrected chi connectivity index (χ4v) is 2.04. The molecule has 21 heavy (non-hydrogen) atoms. The van der Waals surface area contributed by atoms with Gasteiger partial charge in [0, 0.05) is 24.5 Å². The van der Waals surface area contributed by atoms with Crippen LogP contribution in [0.4, 0.5) is 0 Å². The van der Waals surface area contributed by atoms with Crippen LogP contribution in [0.2, 0.25) is 0 Å². The third kappa shape index (κ3) is 4.39. The minimum atomic E-state index is -0.0763. The zero-order valence-electron chi connectivity index (χ0n) is 12.5. The summed E-state index contributed by atoms with van der Waals surface area (Å²) in [6.45, 7) is 3.60. The Kier molecular flexibility index (Phi) is 5.46. The van der Waals surface area contributed by atoms with Crippen molar-refractivity contribution in [2.24, 2.45) is 0 Å². The lowest BCUT2D eigenvalue weighted by molar-refractivity contribution is 0.0953. The van der Waals surface area contributed by atoms with Crippen LogP contribution in [0.3, 0.4) is 0 Å². The van der Waals surface area contributed by atoms with E-state index >= 15 is 0 Å². The van der Waals surface area contributed by atoms with Gasteiger partial charge in [-0.1, -0.05) is 29.8 Å². The van der Waals surface area contributed by atoms with Crippen LogP contribution in [0.5, 0.6) is 0 Å². The van der Waals surface area contributed by atoms with Crippen molar-refractivity contribution >= 4 is 5.91 Å². The van der Waals surface area contributed by atoms with Gasteiger partial charge in [-0.15, -0.1) is 0 Å². The van der Waals surface area contributed by atoms with Crippen molar-refractivity contribution in [1.29, 1.82) is 0 Å². The third-order valence-electron chi connectivity index (χ3n) is 3.27. The number of hydrogen-bond donors (Lipinski definition) is 2. The number of aryl methyl sites for hydroxylation is 1. The molecular weight excluding hydrogens is 262 g/mol. The molecule has 1 amide bonds. The zero-order valence-corrected chi connectivity index (χ0v) is 12.5. The molecule has 4 nitrogen and oxygen atoms in total. The summed E-state index contributed by atoms with van der Waals surface area (Å²) in [6, 6.07) is 10.1. The Morgan fingerprint density at radius 2 is 1.86 bits per heavy atom. The fraction of sp³-hybridized carbons (Fsp3) is 0.294. The van der Waals surface area contributed by atoms with Crippen LogP contribution in [0, 0.1) is 6.92 Å². The quantitative estimate of drug-likeness (QED) is 0.800. The smallest absolute Gasteiger partial charge is 0.252 e. The highest BCUT2D eigenvalue weighted by Gasteiger charge is 2.07. The lowest BCUT2D eigenvalue weighted by Gasteiger charge is -2.07. The summed E-state index contributed by atoms with van der Waals surface area (Å²) in [5, 5.41) is 5.96. The average molecular weight is 283 g/mol. The molecule has 0 aliphatic carbocycles.